The van der Waals surface area contributed by atoms with Gasteiger partial charge in [-0.2, -0.15) is 9.94 Å². The first-order valence-corrected chi connectivity index (χ1v) is 4.51. The van der Waals surface area contributed by atoms with Gasteiger partial charge in [0.15, 0.2) is 11.6 Å². The lowest BCUT2D eigenvalue weighted by Crippen LogP contribution is -2.06. The normalized spacial score (nSPS) is 9.75. The van der Waals surface area contributed by atoms with Crippen LogP contribution in [-0.4, -0.2) is 26.8 Å². The van der Waals surface area contributed by atoms with Crippen LogP contribution < -0.4 is 11.1 Å². The number of hydrogen-bond acceptors (Lipinski definition) is 6. The van der Waals surface area contributed by atoms with Gasteiger partial charge in [-0.3, -0.25) is 0 Å². The first-order chi connectivity index (χ1) is 7.77. The molecular formula is C9H9N7. The van der Waals surface area contributed by atoms with Crippen LogP contribution in [0, 0.1) is 11.3 Å². The van der Waals surface area contributed by atoms with Crippen molar-refractivity contribution >= 4 is 11.6 Å². The standard InChI is InChI=1S/C9H9N7/c1-12-8-6(5-10)7(11)16(15-8)9-13-3-2-4-14-9/h2-4H,11H2,1H3,(H,12,15). The predicted molar refractivity (Wildman–Crippen MR) is 57.8 cm³/mol. The van der Waals surface area contributed by atoms with E-state index in [1.165, 1.54) is 4.68 Å². The molecule has 3 N–H and O–H groups in total. The predicted octanol–water partition coefficient (Wildman–Crippen LogP) is 0.158. The minimum atomic E-state index is 0.220. The number of nitrogen functional groups attached to an aromatic ring is 1. The molecule has 0 aliphatic rings. The van der Waals surface area contributed by atoms with E-state index in [4.69, 9.17) is 11.0 Å². The van der Waals surface area contributed by atoms with Crippen LogP contribution in [0.15, 0.2) is 18.5 Å². The van der Waals surface area contributed by atoms with Gasteiger partial charge < -0.3 is 11.1 Å². The third-order valence-corrected chi connectivity index (χ3v) is 2.01. The summed E-state index contributed by atoms with van der Waals surface area (Å²) in [6, 6.07) is 3.67. The minimum absolute atomic E-state index is 0.220. The Balaban J connectivity index is 2.60. The quantitative estimate of drug-likeness (QED) is 0.739. The Hall–Kier alpha value is -2.62. The first kappa shape index (κ1) is 9.92. The van der Waals surface area contributed by atoms with Crippen molar-refractivity contribution in [1.29, 1.82) is 5.26 Å². The molecular weight excluding hydrogens is 206 g/mol. The zero-order valence-electron chi connectivity index (χ0n) is 8.55. The van der Waals surface area contributed by atoms with Crippen molar-refractivity contribution in [2.75, 3.05) is 18.1 Å². The van der Waals surface area contributed by atoms with Crippen LogP contribution in [0.1, 0.15) is 5.56 Å². The topological polar surface area (TPSA) is 105 Å². The molecule has 2 aromatic rings. The Morgan fingerprint density at radius 2 is 2.12 bits per heavy atom. The number of rotatable bonds is 2. The SMILES string of the molecule is CNc1nn(-c2ncccn2)c(N)c1C#N. The van der Waals surface area contributed by atoms with Gasteiger partial charge in [-0.05, 0) is 6.07 Å². The largest absolute Gasteiger partial charge is 0.382 e. The molecule has 2 rings (SSSR count). The number of aromatic nitrogens is 4. The van der Waals surface area contributed by atoms with E-state index in [0.717, 1.165) is 0 Å². The molecule has 2 aromatic heterocycles. The maximum Gasteiger partial charge on any atom is 0.252 e. The highest BCUT2D eigenvalue weighted by molar-refractivity contribution is 5.64. The molecule has 0 amide bonds. The molecule has 0 spiro atoms. The third kappa shape index (κ3) is 1.42. The summed E-state index contributed by atoms with van der Waals surface area (Å²) < 4.78 is 1.32. The summed E-state index contributed by atoms with van der Waals surface area (Å²) in [5, 5.41) is 15.8. The van der Waals surface area contributed by atoms with Crippen LogP contribution in [0.4, 0.5) is 11.6 Å². The summed E-state index contributed by atoms with van der Waals surface area (Å²) in [5.74, 6) is 0.962. The van der Waals surface area contributed by atoms with E-state index in [0.29, 0.717) is 11.8 Å². The van der Waals surface area contributed by atoms with E-state index in [1.54, 1.807) is 25.5 Å². The molecule has 0 aliphatic carbocycles. The Kier molecular flexibility index (Phi) is 2.39. The zero-order valence-corrected chi connectivity index (χ0v) is 8.55. The average molecular weight is 215 g/mol. The summed E-state index contributed by atoms with van der Waals surface area (Å²) in [5.41, 5.74) is 6.07. The second-order valence-corrected chi connectivity index (χ2v) is 2.93. The van der Waals surface area contributed by atoms with E-state index in [2.05, 4.69) is 20.4 Å². The number of nitriles is 1. The number of nitrogens with two attached hydrogens (primary N) is 1. The van der Waals surface area contributed by atoms with Gasteiger partial charge in [0.1, 0.15) is 11.6 Å². The van der Waals surface area contributed by atoms with Crippen molar-refractivity contribution in [3.05, 3.63) is 24.0 Å². The highest BCUT2D eigenvalue weighted by atomic mass is 15.4. The van der Waals surface area contributed by atoms with E-state index < -0.39 is 0 Å². The van der Waals surface area contributed by atoms with Crippen molar-refractivity contribution < 1.29 is 0 Å². The molecule has 0 saturated heterocycles. The lowest BCUT2D eigenvalue weighted by molar-refractivity contribution is 0.819. The molecule has 7 heteroatoms. The number of nitrogens with zero attached hydrogens (tertiary/aromatic N) is 5. The van der Waals surface area contributed by atoms with Crippen LogP contribution in [0.3, 0.4) is 0 Å². The maximum atomic E-state index is 8.93. The van der Waals surface area contributed by atoms with E-state index in [-0.39, 0.29) is 11.4 Å². The van der Waals surface area contributed by atoms with E-state index in [1.807, 2.05) is 6.07 Å². The van der Waals surface area contributed by atoms with E-state index >= 15 is 0 Å². The second kappa shape index (κ2) is 3.86. The number of anilines is 2. The van der Waals surface area contributed by atoms with Gasteiger partial charge >= 0.3 is 0 Å². The first-order valence-electron chi connectivity index (χ1n) is 4.51. The molecule has 0 fully saturated rings. The molecule has 2 heterocycles. The van der Waals surface area contributed by atoms with Gasteiger partial charge in [-0.15, -0.1) is 5.10 Å². The number of nitrogens with one attached hydrogen (secondary N) is 1. The molecule has 16 heavy (non-hydrogen) atoms. The number of hydrogen-bond donors (Lipinski definition) is 2. The Labute approximate surface area is 91.5 Å². The molecule has 0 saturated carbocycles. The van der Waals surface area contributed by atoms with Gasteiger partial charge in [-0.1, -0.05) is 0 Å². The average Bonchev–Trinajstić information content (AvgIpc) is 2.66. The summed E-state index contributed by atoms with van der Waals surface area (Å²) >= 11 is 0. The van der Waals surface area contributed by atoms with Gasteiger partial charge in [0.05, 0.1) is 0 Å². The van der Waals surface area contributed by atoms with Crippen molar-refractivity contribution in [1.82, 2.24) is 19.7 Å². The second-order valence-electron chi connectivity index (χ2n) is 2.93. The van der Waals surface area contributed by atoms with Crippen molar-refractivity contribution in [2.45, 2.75) is 0 Å². The fourth-order valence-corrected chi connectivity index (χ4v) is 1.27. The smallest absolute Gasteiger partial charge is 0.252 e. The van der Waals surface area contributed by atoms with Crippen LogP contribution in [-0.2, 0) is 0 Å². The summed E-state index contributed by atoms with van der Waals surface area (Å²) in [4.78, 5) is 8.01. The van der Waals surface area contributed by atoms with Crippen molar-refractivity contribution in [2.24, 2.45) is 0 Å². The lowest BCUT2D eigenvalue weighted by Gasteiger charge is -1.99. The highest BCUT2D eigenvalue weighted by Gasteiger charge is 2.16. The zero-order chi connectivity index (χ0) is 11.5. The molecule has 0 radical (unpaired) electrons. The van der Waals surface area contributed by atoms with Crippen LogP contribution in [0.25, 0.3) is 5.95 Å². The van der Waals surface area contributed by atoms with Crippen LogP contribution >= 0.6 is 0 Å². The van der Waals surface area contributed by atoms with Crippen molar-refractivity contribution in [3.63, 3.8) is 0 Å². The maximum absolute atomic E-state index is 8.93. The molecule has 0 atom stereocenters. The summed E-state index contributed by atoms with van der Waals surface area (Å²) in [6.07, 6.45) is 3.16. The third-order valence-electron chi connectivity index (χ3n) is 2.01. The molecule has 80 valence electrons. The van der Waals surface area contributed by atoms with E-state index in [9.17, 15) is 0 Å². The lowest BCUT2D eigenvalue weighted by atomic mass is 10.3. The fraction of sp³-hybridized carbons (Fsp3) is 0.111. The molecule has 0 aliphatic heterocycles. The minimum Gasteiger partial charge on any atom is -0.382 e. The molecule has 0 bridgehead atoms. The molecule has 0 unspecified atom stereocenters. The highest BCUT2D eigenvalue weighted by Crippen LogP contribution is 2.21. The summed E-state index contributed by atoms with van der Waals surface area (Å²) in [6.45, 7) is 0. The molecule has 7 nitrogen and oxygen atoms in total. The van der Waals surface area contributed by atoms with Gasteiger partial charge in [-0.25, -0.2) is 9.97 Å². The Bertz CT molecular complexity index is 537. The monoisotopic (exact) mass is 215 g/mol. The van der Waals surface area contributed by atoms with Crippen LogP contribution in [0.2, 0.25) is 0 Å². The van der Waals surface area contributed by atoms with Gasteiger partial charge in [0, 0.05) is 19.4 Å². The van der Waals surface area contributed by atoms with Crippen LogP contribution in [0.5, 0.6) is 0 Å². The van der Waals surface area contributed by atoms with Gasteiger partial charge in [0.2, 0.25) is 0 Å². The Morgan fingerprint density at radius 3 is 2.62 bits per heavy atom. The molecule has 0 aromatic carbocycles. The fourth-order valence-electron chi connectivity index (χ4n) is 1.27. The Morgan fingerprint density at radius 1 is 1.44 bits per heavy atom. The van der Waals surface area contributed by atoms with Crippen molar-refractivity contribution in [3.8, 4) is 12.0 Å². The van der Waals surface area contributed by atoms with Gasteiger partial charge in [0.25, 0.3) is 5.95 Å². The summed E-state index contributed by atoms with van der Waals surface area (Å²) in [7, 11) is 1.67.